The number of likely N-dealkylation sites (N-methyl/N-ethyl adjacent to an activating group) is 1. The largest absolute Gasteiger partial charge is 0.481 e. The highest BCUT2D eigenvalue weighted by atomic mass is 16.4. The quantitative estimate of drug-likeness (QED) is 0.499. The van der Waals surface area contributed by atoms with Crippen LogP contribution in [0, 0.1) is 0 Å². The number of quaternary nitrogens is 1. The maximum Gasteiger partial charge on any atom is 0.306 e. The van der Waals surface area contributed by atoms with Gasteiger partial charge in [0, 0.05) is 12.8 Å². The molecule has 0 saturated carbocycles. The Morgan fingerprint density at radius 1 is 1.00 bits per heavy atom. The number of rotatable bonds is 9. The van der Waals surface area contributed by atoms with Crippen LogP contribution in [0.3, 0.4) is 0 Å². The molecule has 0 amide bonds. The van der Waals surface area contributed by atoms with Crippen molar-refractivity contribution >= 4 is 17.7 Å². The molecule has 0 heterocycles. The van der Waals surface area contributed by atoms with Gasteiger partial charge in [0.05, 0.1) is 27.6 Å². The fourth-order valence-electron chi connectivity index (χ4n) is 1.91. The van der Waals surface area contributed by atoms with Crippen molar-refractivity contribution in [3.05, 3.63) is 0 Å². The number of nitrogens with zero attached hydrogens (tertiary/aromatic N) is 1. The molecule has 0 bridgehead atoms. The lowest BCUT2D eigenvalue weighted by Gasteiger charge is -2.33. The third-order valence-corrected chi connectivity index (χ3v) is 2.49. The van der Waals surface area contributed by atoms with E-state index in [4.69, 9.17) is 10.2 Å². The monoisotopic (exact) mass is 276 g/mol. The molecular formula is C12H22NO6+. The van der Waals surface area contributed by atoms with Crippen LogP contribution in [0.1, 0.15) is 25.7 Å². The highest BCUT2D eigenvalue weighted by Crippen LogP contribution is 2.19. The Hall–Kier alpha value is -1.47. The van der Waals surface area contributed by atoms with Crippen LogP contribution in [0.5, 0.6) is 0 Å². The van der Waals surface area contributed by atoms with Gasteiger partial charge < -0.3 is 19.8 Å². The van der Waals surface area contributed by atoms with E-state index in [1.54, 1.807) is 21.1 Å². The second kappa shape index (κ2) is 6.63. The molecule has 19 heavy (non-hydrogen) atoms. The van der Waals surface area contributed by atoms with Crippen molar-refractivity contribution in [2.24, 2.45) is 0 Å². The summed E-state index contributed by atoms with van der Waals surface area (Å²) < 4.78 is 0.231. The Bertz CT molecular complexity index is 360. The number of aliphatic carboxylic acids is 2. The van der Waals surface area contributed by atoms with Gasteiger partial charge in [-0.15, -0.1) is 0 Å². The first-order valence-corrected chi connectivity index (χ1v) is 5.96. The van der Waals surface area contributed by atoms with Gasteiger partial charge in [-0.05, 0) is 6.42 Å². The smallest absolute Gasteiger partial charge is 0.306 e. The predicted octanol–water partition coefficient (Wildman–Crippen LogP) is -0.278. The zero-order chi connectivity index (χ0) is 15.3. The highest BCUT2D eigenvalue weighted by Gasteiger charge is 2.42. The summed E-state index contributed by atoms with van der Waals surface area (Å²) in [5.41, 5.74) is -1.96. The maximum atomic E-state index is 11.9. The zero-order valence-electron chi connectivity index (χ0n) is 11.5. The van der Waals surface area contributed by atoms with Crippen LogP contribution in [0.25, 0.3) is 0 Å². The Balaban J connectivity index is 4.77. The fraction of sp³-hybridized carbons (Fsp3) is 0.750. The van der Waals surface area contributed by atoms with E-state index in [1.165, 1.54) is 0 Å². The number of carboxylic acids is 2. The van der Waals surface area contributed by atoms with E-state index in [0.717, 1.165) is 0 Å². The number of ketones is 1. The molecule has 0 aromatic rings. The number of Topliss-reactive ketones (excluding diaryl/α,β-unsaturated/α-hetero) is 1. The number of aliphatic hydroxyl groups is 1. The SMILES string of the molecule is C[N+](C)(C)C[C@](O)(CC(=O)O)C(=O)CCCC(=O)O. The van der Waals surface area contributed by atoms with Crippen LogP contribution in [0.4, 0.5) is 0 Å². The number of carbonyl (C=O) groups is 3. The molecule has 0 rings (SSSR count). The van der Waals surface area contributed by atoms with Crippen molar-refractivity contribution in [3.8, 4) is 0 Å². The number of carboxylic acid groups (broad SMARTS) is 2. The van der Waals surface area contributed by atoms with Crippen molar-refractivity contribution in [1.82, 2.24) is 0 Å². The minimum absolute atomic E-state index is 0.0365. The van der Waals surface area contributed by atoms with Crippen molar-refractivity contribution < 1.29 is 34.2 Å². The van der Waals surface area contributed by atoms with Crippen LogP contribution < -0.4 is 0 Å². The van der Waals surface area contributed by atoms with Crippen LogP contribution in [-0.4, -0.2) is 70.8 Å². The van der Waals surface area contributed by atoms with E-state index in [2.05, 4.69) is 0 Å². The van der Waals surface area contributed by atoms with Gasteiger partial charge in [-0.3, -0.25) is 14.4 Å². The van der Waals surface area contributed by atoms with Gasteiger partial charge in [-0.2, -0.15) is 0 Å². The predicted molar refractivity (Wildman–Crippen MR) is 66.6 cm³/mol. The van der Waals surface area contributed by atoms with Crippen molar-refractivity contribution in [3.63, 3.8) is 0 Å². The molecule has 7 nitrogen and oxygen atoms in total. The van der Waals surface area contributed by atoms with Crippen molar-refractivity contribution in [1.29, 1.82) is 0 Å². The van der Waals surface area contributed by atoms with Gasteiger partial charge >= 0.3 is 11.9 Å². The highest BCUT2D eigenvalue weighted by molar-refractivity contribution is 5.91. The molecule has 7 heteroatoms. The van der Waals surface area contributed by atoms with E-state index in [1.807, 2.05) is 0 Å². The lowest BCUT2D eigenvalue weighted by molar-refractivity contribution is -0.875. The summed E-state index contributed by atoms with van der Waals surface area (Å²) >= 11 is 0. The first-order valence-electron chi connectivity index (χ1n) is 5.96. The van der Waals surface area contributed by atoms with Gasteiger partial charge in [0.2, 0.25) is 0 Å². The summed E-state index contributed by atoms with van der Waals surface area (Å²) in [7, 11) is 5.20. The van der Waals surface area contributed by atoms with E-state index >= 15 is 0 Å². The molecule has 0 spiro atoms. The first-order chi connectivity index (χ1) is 8.46. The second-order valence-electron chi connectivity index (χ2n) is 5.72. The van der Waals surface area contributed by atoms with Gasteiger partial charge in [0.1, 0.15) is 6.54 Å². The van der Waals surface area contributed by atoms with Crippen LogP contribution >= 0.6 is 0 Å². The van der Waals surface area contributed by atoms with Crippen LogP contribution in [0.2, 0.25) is 0 Å². The summed E-state index contributed by atoms with van der Waals surface area (Å²) in [5.74, 6) is -2.91. The molecular weight excluding hydrogens is 254 g/mol. The topological polar surface area (TPSA) is 112 Å². The molecule has 0 fully saturated rings. The van der Waals surface area contributed by atoms with E-state index in [9.17, 15) is 19.5 Å². The second-order valence-corrected chi connectivity index (χ2v) is 5.72. The summed E-state index contributed by atoms with van der Waals surface area (Å²) in [6.45, 7) is -0.0365. The average molecular weight is 276 g/mol. The molecule has 0 saturated heterocycles. The Morgan fingerprint density at radius 2 is 1.53 bits per heavy atom. The Morgan fingerprint density at radius 3 is 1.89 bits per heavy atom. The van der Waals surface area contributed by atoms with E-state index in [-0.39, 0.29) is 30.3 Å². The van der Waals surface area contributed by atoms with E-state index < -0.39 is 29.7 Å². The molecule has 1 atom stereocenters. The molecule has 0 aliphatic rings. The molecule has 0 radical (unpaired) electrons. The van der Waals surface area contributed by atoms with Gasteiger partial charge in [-0.1, -0.05) is 0 Å². The van der Waals surface area contributed by atoms with Crippen molar-refractivity contribution in [2.45, 2.75) is 31.3 Å². The molecule has 110 valence electrons. The molecule has 0 aromatic carbocycles. The summed E-state index contributed by atoms with van der Waals surface area (Å²) in [5, 5.41) is 27.5. The molecule has 0 aliphatic heterocycles. The molecule has 0 aromatic heterocycles. The minimum atomic E-state index is -1.96. The standard InChI is InChI=1S/C12H21NO6/c1-13(2,3)8-12(19,7-11(17)18)9(14)5-4-6-10(15)16/h19H,4-8H2,1-3H3,(H-,15,16,17,18)/p+1/t12-/m1/s1. The summed E-state index contributed by atoms with van der Waals surface area (Å²) in [6.07, 6.45) is -0.906. The average Bonchev–Trinajstić information content (AvgIpc) is 2.11. The van der Waals surface area contributed by atoms with Gasteiger partial charge in [0.15, 0.2) is 11.4 Å². The first kappa shape index (κ1) is 17.5. The number of hydrogen-bond acceptors (Lipinski definition) is 4. The lowest BCUT2D eigenvalue weighted by atomic mass is 9.90. The summed E-state index contributed by atoms with van der Waals surface area (Å²) in [4.78, 5) is 33.1. The Kier molecular flexibility index (Phi) is 6.11. The minimum Gasteiger partial charge on any atom is -0.481 e. The fourth-order valence-corrected chi connectivity index (χ4v) is 1.91. The Labute approximate surface area is 112 Å². The number of hydrogen-bond donors (Lipinski definition) is 3. The normalized spacial score (nSPS) is 14.7. The van der Waals surface area contributed by atoms with Gasteiger partial charge in [-0.25, -0.2) is 0 Å². The molecule has 0 aliphatic carbocycles. The van der Waals surface area contributed by atoms with Crippen LogP contribution in [-0.2, 0) is 14.4 Å². The number of carbonyl (C=O) groups excluding carboxylic acids is 1. The van der Waals surface area contributed by atoms with Crippen LogP contribution in [0.15, 0.2) is 0 Å². The third-order valence-electron chi connectivity index (χ3n) is 2.49. The summed E-state index contributed by atoms with van der Waals surface area (Å²) in [6, 6.07) is 0. The third kappa shape index (κ3) is 7.53. The zero-order valence-corrected chi connectivity index (χ0v) is 11.5. The maximum absolute atomic E-state index is 11.9. The molecule has 3 N–H and O–H groups in total. The van der Waals surface area contributed by atoms with Gasteiger partial charge in [0.25, 0.3) is 0 Å². The molecule has 0 unspecified atom stereocenters. The van der Waals surface area contributed by atoms with Crippen molar-refractivity contribution in [2.75, 3.05) is 27.7 Å². The lowest BCUT2D eigenvalue weighted by Crippen LogP contribution is -2.54. The van der Waals surface area contributed by atoms with E-state index in [0.29, 0.717) is 0 Å².